The summed E-state index contributed by atoms with van der Waals surface area (Å²) in [5.41, 5.74) is 2.38. The Labute approximate surface area is 136 Å². The maximum absolute atomic E-state index is 6.18. The summed E-state index contributed by atoms with van der Waals surface area (Å²) in [5, 5.41) is 4.52. The summed E-state index contributed by atoms with van der Waals surface area (Å²) in [6, 6.07) is 14.2. The van der Waals surface area contributed by atoms with Crippen molar-refractivity contribution in [2.75, 3.05) is 13.2 Å². The SMILES string of the molecule is CCOc1c(Cl)cc(CNCCc2ccccc2)cc1Cl. The van der Waals surface area contributed by atoms with Gasteiger partial charge in [0.15, 0.2) is 5.75 Å². The van der Waals surface area contributed by atoms with Gasteiger partial charge in [0.2, 0.25) is 0 Å². The van der Waals surface area contributed by atoms with Crippen LogP contribution in [0.2, 0.25) is 10.0 Å². The largest absolute Gasteiger partial charge is 0.491 e. The van der Waals surface area contributed by atoms with Crippen LogP contribution in [0.15, 0.2) is 42.5 Å². The van der Waals surface area contributed by atoms with E-state index in [1.807, 2.05) is 25.1 Å². The average Bonchev–Trinajstić information content (AvgIpc) is 2.48. The van der Waals surface area contributed by atoms with Crippen molar-refractivity contribution in [1.29, 1.82) is 0 Å². The van der Waals surface area contributed by atoms with Crippen molar-refractivity contribution in [1.82, 2.24) is 5.32 Å². The molecule has 0 aliphatic heterocycles. The normalized spacial score (nSPS) is 10.6. The van der Waals surface area contributed by atoms with Crippen LogP contribution in [0.5, 0.6) is 5.75 Å². The summed E-state index contributed by atoms with van der Waals surface area (Å²) in [6.45, 7) is 4.10. The van der Waals surface area contributed by atoms with Crippen LogP contribution >= 0.6 is 23.2 Å². The van der Waals surface area contributed by atoms with Crippen molar-refractivity contribution in [3.8, 4) is 5.75 Å². The second-order valence-corrected chi connectivity index (χ2v) is 5.55. The molecule has 4 heteroatoms. The summed E-state index contributed by atoms with van der Waals surface area (Å²) >= 11 is 12.4. The second kappa shape index (κ2) is 8.28. The van der Waals surface area contributed by atoms with E-state index in [-0.39, 0.29) is 0 Å². The molecule has 112 valence electrons. The van der Waals surface area contributed by atoms with Gasteiger partial charge in [-0.15, -0.1) is 0 Å². The van der Waals surface area contributed by atoms with E-state index in [2.05, 4.69) is 29.6 Å². The standard InChI is InChI=1S/C17H19Cl2NO/c1-2-21-17-15(18)10-14(11-16(17)19)12-20-9-8-13-6-4-3-5-7-13/h3-7,10-11,20H,2,8-9,12H2,1H3. The lowest BCUT2D eigenvalue weighted by atomic mass is 10.1. The molecule has 0 aromatic heterocycles. The molecule has 2 rings (SSSR count). The number of rotatable bonds is 7. The van der Waals surface area contributed by atoms with Gasteiger partial charge in [-0.05, 0) is 43.1 Å². The van der Waals surface area contributed by atoms with Gasteiger partial charge < -0.3 is 10.1 Å². The van der Waals surface area contributed by atoms with Crippen LogP contribution in [0.1, 0.15) is 18.1 Å². The summed E-state index contributed by atoms with van der Waals surface area (Å²) in [4.78, 5) is 0. The lowest BCUT2D eigenvalue weighted by Gasteiger charge is -2.11. The third-order valence-corrected chi connectivity index (χ3v) is 3.67. The van der Waals surface area contributed by atoms with Gasteiger partial charge in [-0.2, -0.15) is 0 Å². The predicted octanol–water partition coefficient (Wildman–Crippen LogP) is 4.72. The molecule has 0 fully saturated rings. The molecule has 2 aromatic carbocycles. The van der Waals surface area contributed by atoms with E-state index in [0.29, 0.717) is 22.4 Å². The average molecular weight is 324 g/mol. The fourth-order valence-electron chi connectivity index (χ4n) is 2.11. The van der Waals surface area contributed by atoms with Crippen molar-refractivity contribution in [3.63, 3.8) is 0 Å². The van der Waals surface area contributed by atoms with Crippen molar-refractivity contribution in [2.24, 2.45) is 0 Å². The van der Waals surface area contributed by atoms with Crippen LogP contribution in [0.3, 0.4) is 0 Å². The minimum atomic E-state index is 0.550. The van der Waals surface area contributed by atoms with E-state index >= 15 is 0 Å². The molecule has 0 saturated carbocycles. The van der Waals surface area contributed by atoms with Crippen molar-refractivity contribution >= 4 is 23.2 Å². The Hall–Kier alpha value is -1.22. The van der Waals surface area contributed by atoms with Gasteiger partial charge in [-0.3, -0.25) is 0 Å². The fraction of sp³-hybridized carbons (Fsp3) is 0.294. The van der Waals surface area contributed by atoms with Gasteiger partial charge in [0.1, 0.15) is 0 Å². The van der Waals surface area contributed by atoms with E-state index in [4.69, 9.17) is 27.9 Å². The number of halogens is 2. The zero-order chi connectivity index (χ0) is 15.1. The smallest absolute Gasteiger partial charge is 0.156 e. The van der Waals surface area contributed by atoms with Crippen molar-refractivity contribution < 1.29 is 4.74 Å². The minimum Gasteiger partial charge on any atom is -0.491 e. The van der Waals surface area contributed by atoms with Gasteiger partial charge in [0.05, 0.1) is 16.7 Å². The number of hydrogen-bond donors (Lipinski definition) is 1. The molecule has 0 spiro atoms. The number of benzene rings is 2. The zero-order valence-electron chi connectivity index (χ0n) is 12.0. The van der Waals surface area contributed by atoms with Gasteiger partial charge in [-0.1, -0.05) is 53.5 Å². The monoisotopic (exact) mass is 323 g/mol. The molecule has 0 saturated heterocycles. The highest BCUT2D eigenvalue weighted by atomic mass is 35.5. The molecule has 0 atom stereocenters. The highest BCUT2D eigenvalue weighted by Crippen LogP contribution is 2.34. The van der Waals surface area contributed by atoms with Crippen LogP contribution in [-0.2, 0) is 13.0 Å². The van der Waals surface area contributed by atoms with E-state index < -0.39 is 0 Å². The van der Waals surface area contributed by atoms with Gasteiger partial charge in [0, 0.05) is 6.54 Å². The lowest BCUT2D eigenvalue weighted by molar-refractivity contribution is 0.340. The third kappa shape index (κ3) is 4.92. The Kier molecular flexibility index (Phi) is 6.37. The van der Waals surface area contributed by atoms with Gasteiger partial charge in [0.25, 0.3) is 0 Å². The quantitative estimate of drug-likeness (QED) is 0.744. The Balaban J connectivity index is 1.86. The molecule has 1 N–H and O–H groups in total. The molecule has 0 heterocycles. The molecule has 2 nitrogen and oxygen atoms in total. The predicted molar refractivity (Wildman–Crippen MR) is 89.5 cm³/mol. The molecule has 0 bridgehead atoms. The Morgan fingerprint density at radius 2 is 1.67 bits per heavy atom. The molecule has 0 aliphatic rings. The maximum atomic E-state index is 6.18. The molecule has 0 aliphatic carbocycles. The summed E-state index contributed by atoms with van der Waals surface area (Å²) in [6.07, 6.45) is 0.999. The summed E-state index contributed by atoms with van der Waals surface area (Å²) < 4.78 is 5.42. The Morgan fingerprint density at radius 1 is 1.00 bits per heavy atom. The first-order chi connectivity index (χ1) is 10.2. The third-order valence-electron chi connectivity index (χ3n) is 3.11. The Morgan fingerprint density at radius 3 is 2.29 bits per heavy atom. The molecular formula is C17H19Cl2NO. The minimum absolute atomic E-state index is 0.550. The molecule has 21 heavy (non-hydrogen) atoms. The number of ether oxygens (including phenoxy) is 1. The first-order valence-corrected chi connectivity index (χ1v) is 7.81. The zero-order valence-corrected chi connectivity index (χ0v) is 13.5. The second-order valence-electron chi connectivity index (χ2n) is 4.73. The topological polar surface area (TPSA) is 21.3 Å². The van der Waals surface area contributed by atoms with Crippen LogP contribution in [0.25, 0.3) is 0 Å². The number of nitrogens with one attached hydrogen (secondary N) is 1. The lowest BCUT2D eigenvalue weighted by Crippen LogP contribution is -2.16. The first kappa shape index (κ1) is 16.2. The van der Waals surface area contributed by atoms with Gasteiger partial charge >= 0.3 is 0 Å². The Bertz CT molecular complexity index is 549. The summed E-state index contributed by atoms with van der Waals surface area (Å²) in [5.74, 6) is 0.564. The van der Waals surface area contributed by atoms with Crippen LogP contribution in [0.4, 0.5) is 0 Å². The highest BCUT2D eigenvalue weighted by molar-refractivity contribution is 6.37. The van der Waals surface area contributed by atoms with E-state index in [1.54, 1.807) is 0 Å². The number of hydrogen-bond acceptors (Lipinski definition) is 2. The molecular weight excluding hydrogens is 305 g/mol. The first-order valence-electron chi connectivity index (χ1n) is 7.06. The molecule has 0 amide bonds. The molecule has 0 radical (unpaired) electrons. The van der Waals surface area contributed by atoms with Crippen molar-refractivity contribution in [2.45, 2.75) is 19.9 Å². The van der Waals surface area contributed by atoms with E-state index in [0.717, 1.165) is 25.1 Å². The maximum Gasteiger partial charge on any atom is 0.156 e. The van der Waals surface area contributed by atoms with Crippen LogP contribution in [-0.4, -0.2) is 13.2 Å². The summed E-state index contributed by atoms with van der Waals surface area (Å²) in [7, 11) is 0. The molecule has 2 aromatic rings. The molecule has 0 unspecified atom stereocenters. The van der Waals surface area contributed by atoms with Gasteiger partial charge in [-0.25, -0.2) is 0 Å². The fourth-order valence-corrected chi connectivity index (χ4v) is 2.75. The van der Waals surface area contributed by atoms with Crippen LogP contribution < -0.4 is 10.1 Å². The van der Waals surface area contributed by atoms with E-state index in [1.165, 1.54) is 5.56 Å². The van der Waals surface area contributed by atoms with E-state index in [9.17, 15) is 0 Å². The van der Waals surface area contributed by atoms with Crippen molar-refractivity contribution in [3.05, 3.63) is 63.6 Å². The highest BCUT2D eigenvalue weighted by Gasteiger charge is 2.09. The van der Waals surface area contributed by atoms with Crippen LogP contribution in [0, 0.1) is 0 Å².